The van der Waals surface area contributed by atoms with Gasteiger partial charge in [-0.2, -0.15) is 0 Å². The number of esters is 2. The van der Waals surface area contributed by atoms with Gasteiger partial charge in [0, 0.05) is 13.8 Å². The van der Waals surface area contributed by atoms with Crippen molar-refractivity contribution in [2.75, 3.05) is 6.61 Å². The summed E-state index contributed by atoms with van der Waals surface area (Å²) in [4.78, 5) is 34.4. The van der Waals surface area contributed by atoms with Crippen molar-refractivity contribution in [2.45, 2.75) is 43.3 Å². The zero-order chi connectivity index (χ0) is 15.7. The van der Waals surface area contributed by atoms with E-state index in [4.69, 9.17) is 14.2 Å². The van der Waals surface area contributed by atoms with Crippen molar-refractivity contribution in [2.24, 2.45) is 0 Å². The molecule has 0 spiro atoms. The first-order chi connectivity index (χ1) is 9.06. The van der Waals surface area contributed by atoms with Crippen LogP contribution in [0.15, 0.2) is 0 Å². The first kappa shape index (κ1) is 17.0. The maximum atomic E-state index is 12.0. The highest BCUT2D eigenvalue weighted by Crippen LogP contribution is 2.45. The van der Waals surface area contributed by atoms with Gasteiger partial charge in [0.2, 0.25) is 0 Å². The molecule has 1 aliphatic rings. The van der Waals surface area contributed by atoms with Gasteiger partial charge in [-0.3, -0.25) is 14.4 Å². The largest absolute Gasteiger partial charge is 0.440 e. The predicted octanol–water partition coefficient (Wildman–Crippen LogP) is -0.759. The summed E-state index contributed by atoms with van der Waals surface area (Å²) >= 11 is 2.88. The molecular formula is C11H15BrO8. The third-order valence-corrected chi connectivity index (χ3v) is 3.75. The first-order valence-corrected chi connectivity index (χ1v) is 6.45. The van der Waals surface area contributed by atoms with Crippen molar-refractivity contribution in [1.29, 1.82) is 0 Å². The van der Waals surface area contributed by atoms with Crippen LogP contribution in [0, 0.1) is 0 Å². The lowest BCUT2D eigenvalue weighted by molar-refractivity contribution is -0.311. The number of aliphatic hydroxyl groups excluding tert-OH is 2. The number of rotatable bonds is 3. The zero-order valence-corrected chi connectivity index (χ0v) is 12.7. The number of ketones is 1. The van der Waals surface area contributed by atoms with Gasteiger partial charge in [-0.15, -0.1) is 0 Å². The molecule has 1 aliphatic heterocycles. The van der Waals surface area contributed by atoms with Crippen molar-refractivity contribution in [3.05, 3.63) is 0 Å². The van der Waals surface area contributed by atoms with E-state index >= 15 is 0 Å². The molecule has 1 saturated heterocycles. The van der Waals surface area contributed by atoms with Crippen LogP contribution < -0.4 is 0 Å². The van der Waals surface area contributed by atoms with Crippen LogP contribution in [-0.2, 0) is 28.6 Å². The summed E-state index contributed by atoms with van der Waals surface area (Å²) in [7, 11) is 0. The van der Waals surface area contributed by atoms with Gasteiger partial charge in [0.25, 0.3) is 5.60 Å². The van der Waals surface area contributed by atoms with Crippen LogP contribution in [-0.4, -0.2) is 57.0 Å². The maximum Gasteiger partial charge on any atom is 0.321 e. The van der Waals surface area contributed by atoms with E-state index in [-0.39, 0.29) is 0 Å². The molecule has 114 valence electrons. The molecule has 0 aromatic carbocycles. The zero-order valence-electron chi connectivity index (χ0n) is 11.1. The van der Waals surface area contributed by atoms with Gasteiger partial charge >= 0.3 is 16.6 Å². The molecule has 1 fully saturated rings. The smallest absolute Gasteiger partial charge is 0.321 e. The standard InChI is InChI=1S/C11H15BrO8/c1-5(13)10(19-6(2)14)9(17)8(16)4-18-11(10,12)20-7(3)15/h8-9,16-17H,4H2,1-3H3/t8-,9+,10-,11?/m1/s1. The van der Waals surface area contributed by atoms with Crippen molar-refractivity contribution in [3.63, 3.8) is 0 Å². The fraction of sp³-hybridized carbons (Fsp3) is 0.727. The lowest BCUT2D eigenvalue weighted by atomic mass is 9.85. The number of ether oxygens (including phenoxy) is 3. The number of hydrogen-bond acceptors (Lipinski definition) is 8. The lowest BCUT2D eigenvalue weighted by Gasteiger charge is -2.49. The Morgan fingerprint density at radius 1 is 1.15 bits per heavy atom. The minimum Gasteiger partial charge on any atom is -0.440 e. The Balaban J connectivity index is 3.41. The molecule has 0 aliphatic carbocycles. The molecule has 0 aromatic heterocycles. The molecule has 8 nitrogen and oxygen atoms in total. The SMILES string of the molecule is CC(=O)OC1(Br)OC[C@@H](O)[C@H](O)[C@]1(OC(C)=O)C(C)=O. The van der Waals surface area contributed by atoms with Gasteiger partial charge in [-0.1, -0.05) is 0 Å². The summed E-state index contributed by atoms with van der Waals surface area (Å²) < 4.78 is 12.6. The summed E-state index contributed by atoms with van der Waals surface area (Å²) in [5.41, 5.74) is -2.41. The van der Waals surface area contributed by atoms with Crippen LogP contribution in [0.4, 0.5) is 0 Å². The summed E-state index contributed by atoms with van der Waals surface area (Å²) in [5.74, 6) is -2.63. The normalized spacial score (nSPS) is 37.1. The molecule has 0 aromatic rings. The van der Waals surface area contributed by atoms with Crippen molar-refractivity contribution >= 4 is 33.7 Å². The molecule has 0 radical (unpaired) electrons. The topological polar surface area (TPSA) is 119 Å². The molecule has 0 saturated carbocycles. The second kappa shape index (κ2) is 5.76. The Hall–Kier alpha value is -1.03. The van der Waals surface area contributed by atoms with E-state index in [2.05, 4.69) is 15.9 Å². The number of carbonyl (C=O) groups excluding carboxylic acids is 3. The minimum atomic E-state index is -2.41. The molecule has 2 N–H and O–H groups in total. The molecule has 1 rings (SSSR count). The summed E-state index contributed by atoms with van der Waals surface area (Å²) in [6.45, 7) is 2.62. The quantitative estimate of drug-likeness (QED) is 0.501. The Morgan fingerprint density at radius 3 is 2.05 bits per heavy atom. The Morgan fingerprint density at radius 2 is 1.65 bits per heavy atom. The maximum absolute atomic E-state index is 12.0. The van der Waals surface area contributed by atoms with E-state index < -0.39 is 46.8 Å². The fourth-order valence-corrected chi connectivity index (χ4v) is 2.92. The average Bonchev–Trinajstić information content (AvgIpc) is 2.28. The van der Waals surface area contributed by atoms with Gasteiger partial charge in [-0.05, 0) is 22.9 Å². The monoisotopic (exact) mass is 354 g/mol. The summed E-state index contributed by atoms with van der Waals surface area (Å²) in [6, 6.07) is 0. The minimum absolute atomic E-state index is 0.435. The van der Waals surface area contributed by atoms with E-state index in [1.165, 1.54) is 0 Å². The highest BCUT2D eigenvalue weighted by atomic mass is 79.9. The highest BCUT2D eigenvalue weighted by Gasteiger charge is 2.69. The fourth-order valence-electron chi connectivity index (χ4n) is 1.97. The van der Waals surface area contributed by atoms with Crippen LogP contribution in [0.5, 0.6) is 0 Å². The third kappa shape index (κ3) is 2.71. The number of halogens is 1. The number of hydrogen-bond donors (Lipinski definition) is 2. The van der Waals surface area contributed by atoms with E-state index in [1.807, 2.05) is 0 Å². The van der Waals surface area contributed by atoms with Crippen molar-refractivity contribution in [1.82, 2.24) is 0 Å². The summed E-state index contributed by atoms with van der Waals surface area (Å²) in [6.07, 6.45) is -3.34. The van der Waals surface area contributed by atoms with Crippen molar-refractivity contribution in [3.8, 4) is 0 Å². The lowest BCUT2D eigenvalue weighted by Crippen LogP contribution is -2.73. The highest BCUT2D eigenvalue weighted by molar-refractivity contribution is 9.10. The molecule has 0 bridgehead atoms. The van der Waals surface area contributed by atoms with Gasteiger partial charge in [0.15, 0.2) is 5.78 Å². The number of carbonyl (C=O) groups is 3. The molecular weight excluding hydrogens is 340 g/mol. The van der Waals surface area contributed by atoms with Crippen LogP contribution in [0.1, 0.15) is 20.8 Å². The third-order valence-electron chi connectivity index (χ3n) is 2.77. The second-order valence-corrected chi connectivity index (χ2v) is 5.38. The number of Topliss-reactive ketones (excluding diaryl/α,β-unsaturated/α-hetero) is 1. The van der Waals surface area contributed by atoms with E-state index in [9.17, 15) is 24.6 Å². The van der Waals surface area contributed by atoms with Gasteiger partial charge in [0.1, 0.15) is 12.2 Å². The number of alkyl halides is 1. The Kier molecular flexibility index (Phi) is 4.90. The molecule has 0 amide bonds. The van der Waals surface area contributed by atoms with Crippen LogP contribution in [0.2, 0.25) is 0 Å². The van der Waals surface area contributed by atoms with Crippen LogP contribution in [0.25, 0.3) is 0 Å². The number of aliphatic hydroxyl groups is 2. The first-order valence-electron chi connectivity index (χ1n) is 5.66. The van der Waals surface area contributed by atoms with Gasteiger partial charge in [0.05, 0.1) is 6.61 Å². The Bertz CT molecular complexity index is 438. The molecule has 1 heterocycles. The Labute approximate surface area is 123 Å². The van der Waals surface area contributed by atoms with Gasteiger partial charge < -0.3 is 24.4 Å². The average molecular weight is 355 g/mol. The van der Waals surface area contributed by atoms with E-state index in [0.717, 1.165) is 20.8 Å². The molecule has 4 atom stereocenters. The molecule has 1 unspecified atom stereocenters. The summed E-state index contributed by atoms with van der Waals surface area (Å²) in [5, 5.41) is 19.8. The molecule has 9 heteroatoms. The van der Waals surface area contributed by atoms with Crippen LogP contribution >= 0.6 is 15.9 Å². The predicted molar refractivity (Wildman–Crippen MR) is 66.6 cm³/mol. The van der Waals surface area contributed by atoms with E-state index in [0.29, 0.717) is 0 Å². The van der Waals surface area contributed by atoms with Crippen molar-refractivity contribution < 1.29 is 38.8 Å². The second-order valence-electron chi connectivity index (χ2n) is 4.34. The molecule has 20 heavy (non-hydrogen) atoms. The van der Waals surface area contributed by atoms with Crippen LogP contribution in [0.3, 0.4) is 0 Å². The van der Waals surface area contributed by atoms with E-state index in [1.54, 1.807) is 0 Å². The van der Waals surface area contributed by atoms with Gasteiger partial charge in [-0.25, -0.2) is 0 Å².